The first kappa shape index (κ1) is 20.8. The molecule has 0 spiro atoms. The molecule has 154 valence electrons. The van der Waals surface area contributed by atoms with Crippen molar-refractivity contribution in [3.63, 3.8) is 0 Å². The van der Waals surface area contributed by atoms with Crippen LogP contribution in [0.15, 0.2) is 54.5 Å². The van der Waals surface area contributed by atoms with Gasteiger partial charge in [0.15, 0.2) is 0 Å². The normalized spacial score (nSPS) is 16.2. The number of benzene rings is 1. The molecule has 1 N–H and O–H groups in total. The first-order chi connectivity index (χ1) is 14.0. The molecule has 0 bridgehead atoms. The van der Waals surface area contributed by atoms with Crippen molar-refractivity contribution in [3.05, 3.63) is 60.1 Å². The number of nitrogens with one attached hydrogen (secondary N) is 1. The van der Waals surface area contributed by atoms with Gasteiger partial charge in [0.2, 0.25) is 11.9 Å². The van der Waals surface area contributed by atoms with Gasteiger partial charge in [0, 0.05) is 43.2 Å². The van der Waals surface area contributed by atoms with Crippen LogP contribution in [-0.2, 0) is 10.2 Å². The van der Waals surface area contributed by atoms with Gasteiger partial charge in [-0.1, -0.05) is 31.4 Å². The van der Waals surface area contributed by atoms with E-state index in [1.54, 1.807) is 36.7 Å². The van der Waals surface area contributed by atoms with E-state index in [1.807, 2.05) is 26.1 Å². The summed E-state index contributed by atoms with van der Waals surface area (Å²) in [4.78, 5) is 22.9. The predicted molar refractivity (Wildman–Crippen MR) is 115 cm³/mol. The monoisotopic (exact) mass is 394 g/mol. The molecule has 0 aliphatic heterocycles. The Morgan fingerprint density at radius 1 is 1.17 bits per heavy atom. The van der Waals surface area contributed by atoms with Gasteiger partial charge in [-0.05, 0) is 43.5 Å². The van der Waals surface area contributed by atoms with E-state index < -0.39 is 0 Å². The van der Waals surface area contributed by atoms with Crippen LogP contribution in [0, 0.1) is 0 Å². The maximum absolute atomic E-state index is 12.8. The second kappa shape index (κ2) is 9.54. The fourth-order valence-corrected chi connectivity index (χ4v) is 4.01. The third kappa shape index (κ3) is 5.13. The fourth-order valence-electron chi connectivity index (χ4n) is 4.01. The van der Waals surface area contributed by atoms with Crippen LogP contribution in [0.3, 0.4) is 0 Å². The van der Waals surface area contributed by atoms with Gasteiger partial charge < -0.3 is 15.0 Å². The molecule has 6 nitrogen and oxygen atoms in total. The lowest BCUT2D eigenvalue weighted by atomic mass is 9.69. The highest BCUT2D eigenvalue weighted by Crippen LogP contribution is 2.39. The minimum atomic E-state index is -0.0637. The van der Waals surface area contributed by atoms with E-state index in [0.717, 1.165) is 18.6 Å². The van der Waals surface area contributed by atoms with Crippen molar-refractivity contribution in [3.8, 4) is 5.75 Å². The molecule has 0 unspecified atom stereocenters. The highest BCUT2D eigenvalue weighted by atomic mass is 16.5. The van der Waals surface area contributed by atoms with Gasteiger partial charge in [-0.2, -0.15) is 0 Å². The molecule has 29 heavy (non-hydrogen) atoms. The third-order valence-electron chi connectivity index (χ3n) is 5.71. The number of nitrogens with zero attached hydrogens (tertiary/aromatic N) is 3. The van der Waals surface area contributed by atoms with Crippen LogP contribution in [0.2, 0.25) is 0 Å². The van der Waals surface area contributed by atoms with Crippen molar-refractivity contribution in [2.75, 3.05) is 25.6 Å². The number of amides is 1. The van der Waals surface area contributed by atoms with Crippen molar-refractivity contribution < 1.29 is 9.53 Å². The fraction of sp³-hybridized carbons (Fsp3) is 0.435. The summed E-state index contributed by atoms with van der Waals surface area (Å²) in [5, 5.41) is 3.17. The molecule has 1 fully saturated rings. The Morgan fingerprint density at radius 2 is 1.83 bits per heavy atom. The number of anilines is 1. The topological polar surface area (TPSA) is 67.3 Å². The summed E-state index contributed by atoms with van der Waals surface area (Å²) in [5.41, 5.74) is 1.88. The molecule has 1 saturated carbocycles. The molecular weight excluding hydrogens is 364 g/mol. The molecule has 0 saturated heterocycles. The summed E-state index contributed by atoms with van der Waals surface area (Å²) < 4.78 is 5.30. The van der Waals surface area contributed by atoms with E-state index in [9.17, 15) is 4.79 Å². The molecular formula is C23H30N4O2. The predicted octanol–water partition coefficient (Wildman–Crippen LogP) is 3.84. The highest BCUT2D eigenvalue weighted by molar-refractivity contribution is 5.93. The molecule has 0 radical (unpaired) electrons. The Balaban J connectivity index is 1.70. The lowest BCUT2D eigenvalue weighted by Crippen LogP contribution is -2.42. The average molecular weight is 395 g/mol. The van der Waals surface area contributed by atoms with Gasteiger partial charge in [0.25, 0.3) is 0 Å². The molecule has 3 rings (SSSR count). The number of aromatic nitrogens is 2. The maximum atomic E-state index is 12.8. The molecule has 6 heteroatoms. The van der Waals surface area contributed by atoms with Crippen molar-refractivity contribution in [2.45, 2.75) is 44.4 Å². The Labute approximate surface area is 173 Å². The first-order valence-electron chi connectivity index (χ1n) is 10.2. The molecule has 1 aliphatic rings. The Kier molecular flexibility index (Phi) is 6.86. The zero-order valence-corrected chi connectivity index (χ0v) is 17.5. The molecule has 0 atom stereocenters. The van der Waals surface area contributed by atoms with Crippen molar-refractivity contribution >= 4 is 11.9 Å². The van der Waals surface area contributed by atoms with Gasteiger partial charge in [0.05, 0.1) is 7.11 Å². The SMILES string of the molecule is COc1ccc(C2(CNC(=O)C(C)=CN(C)c3ncccn3)CCCCC2)cc1. The number of carbonyl (C=O) groups excluding carboxylic acids is 1. The summed E-state index contributed by atoms with van der Waals surface area (Å²) in [6.07, 6.45) is 10.9. The van der Waals surface area contributed by atoms with Crippen LogP contribution in [0.5, 0.6) is 5.75 Å². The zero-order chi connectivity index (χ0) is 20.7. The van der Waals surface area contributed by atoms with Crippen molar-refractivity contribution in [1.29, 1.82) is 0 Å². The van der Waals surface area contributed by atoms with Crippen molar-refractivity contribution in [1.82, 2.24) is 15.3 Å². The maximum Gasteiger partial charge on any atom is 0.248 e. The van der Waals surface area contributed by atoms with E-state index >= 15 is 0 Å². The summed E-state index contributed by atoms with van der Waals surface area (Å²) in [7, 11) is 3.52. The lowest BCUT2D eigenvalue weighted by molar-refractivity contribution is -0.117. The summed E-state index contributed by atoms with van der Waals surface area (Å²) in [6, 6.07) is 10.1. The van der Waals surface area contributed by atoms with Crippen molar-refractivity contribution in [2.24, 2.45) is 0 Å². The number of methoxy groups -OCH3 is 1. The quantitative estimate of drug-likeness (QED) is 0.723. The average Bonchev–Trinajstić information content (AvgIpc) is 2.78. The molecule has 2 aromatic rings. The Hall–Kier alpha value is -2.89. The Bertz CT molecular complexity index is 828. The third-order valence-corrected chi connectivity index (χ3v) is 5.71. The largest absolute Gasteiger partial charge is 0.497 e. The highest BCUT2D eigenvalue weighted by Gasteiger charge is 2.34. The summed E-state index contributed by atoms with van der Waals surface area (Å²) in [5.74, 6) is 1.35. The van der Waals surface area contributed by atoms with Gasteiger partial charge in [-0.25, -0.2) is 9.97 Å². The van der Waals surface area contributed by atoms with Crippen LogP contribution in [0.25, 0.3) is 0 Å². The number of ether oxygens (including phenoxy) is 1. The molecule has 1 aromatic heterocycles. The van der Waals surface area contributed by atoms with Gasteiger partial charge in [0.1, 0.15) is 5.75 Å². The van der Waals surface area contributed by atoms with Crippen LogP contribution in [-0.4, -0.2) is 36.6 Å². The number of hydrogen-bond acceptors (Lipinski definition) is 5. The van der Waals surface area contributed by atoms with Crippen LogP contribution in [0.4, 0.5) is 5.95 Å². The zero-order valence-electron chi connectivity index (χ0n) is 17.5. The number of rotatable bonds is 7. The minimum Gasteiger partial charge on any atom is -0.497 e. The summed E-state index contributed by atoms with van der Waals surface area (Å²) >= 11 is 0. The first-order valence-corrected chi connectivity index (χ1v) is 10.2. The number of hydrogen-bond donors (Lipinski definition) is 1. The van der Waals surface area contributed by atoms with E-state index in [1.165, 1.54) is 24.8 Å². The second-order valence-corrected chi connectivity index (χ2v) is 7.72. The van der Waals surface area contributed by atoms with Crippen LogP contribution < -0.4 is 15.0 Å². The molecule has 1 aliphatic carbocycles. The van der Waals surface area contributed by atoms with Crippen LogP contribution >= 0.6 is 0 Å². The lowest BCUT2D eigenvalue weighted by Gasteiger charge is -2.38. The van der Waals surface area contributed by atoms with Gasteiger partial charge >= 0.3 is 0 Å². The summed E-state index contributed by atoms with van der Waals surface area (Å²) in [6.45, 7) is 2.45. The smallest absolute Gasteiger partial charge is 0.248 e. The van der Waals surface area contributed by atoms with E-state index in [2.05, 4.69) is 27.4 Å². The van der Waals surface area contributed by atoms with E-state index in [0.29, 0.717) is 18.1 Å². The standard InChI is InChI=1S/C23H30N4O2/c1-18(16-27(2)22-24-14-7-15-25-22)21(28)26-17-23(12-5-4-6-13-23)19-8-10-20(29-3)11-9-19/h7-11,14-16H,4-6,12-13,17H2,1-3H3,(H,26,28). The minimum absolute atomic E-state index is 0.0189. The number of carbonyl (C=O) groups is 1. The van der Waals surface area contributed by atoms with Gasteiger partial charge in [-0.3, -0.25) is 4.79 Å². The van der Waals surface area contributed by atoms with Gasteiger partial charge in [-0.15, -0.1) is 0 Å². The Morgan fingerprint density at radius 3 is 2.45 bits per heavy atom. The van der Waals surface area contributed by atoms with E-state index in [4.69, 9.17) is 4.74 Å². The molecule has 1 heterocycles. The molecule has 1 amide bonds. The van der Waals surface area contributed by atoms with E-state index in [-0.39, 0.29) is 11.3 Å². The molecule has 1 aromatic carbocycles. The second-order valence-electron chi connectivity index (χ2n) is 7.72. The van der Waals surface area contributed by atoms with Crippen LogP contribution in [0.1, 0.15) is 44.6 Å².